The van der Waals surface area contributed by atoms with Gasteiger partial charge >= 0.3 is 0 Å². The molecule has 0 atom stereocenters. The van der Waals surface area contributed by atoms with Crippen molar-refractivity contribution in [3.05, 3.63) is 40.2 Å². The highest BCUT2D eigenvalue weighted by molar-refractivity contribution is 7.15. The summed E-state index contributed by atoms with van der Waals surface area (Å²) in [5.74, 6) is -0.200. The number of hydrogen-bond donors (Lipinski definition) is 1. The first-order valence-corrected chi connectivity index (χ1v) is 7.36. The first-order chi connectivity index (χ1) is 9.10. The number of nitrogens with zero attached hydrogens (tertiary/aromatic N) is 1. The summed E-state index contributed by atoms with van der Waals surface area (Å²) in [6.07, 6.45) is 1.12. The third-order valence-electron chi connectivity index (χ3n) is 2.89. The molecule has 0 amide bonds. The summed E-state index contributed by atoms with van der Waals surface area (Å²) >= 11 is 1.64. The summed E-state index contributed by atoms with van der Waals surface area (Å²) in [6.45, 7) is 7.90. The van der Waals surface area contributed by atoms with Gasteiger partial charge in [0.05, 0.1) is 5.69 Å². The third kappa shape index (κ3) is 3.61. The van der Waals surface area contributed by atoms with E-state index < -0.39 is 0 Å². The second-order valence-electron chi connectivity index (χ2n) is 4.72. The lowest BCUT2D eigenvalue weighted by atomic mass is 10.1. The molecule has 2 nitrogen and oxygen atoms in total. The smallest absolute Gasteiger partial charge is 0.124 e. The third-order valence-corrected chi connectivity index (χ3v) is 4.10. The van der Waals surface area contributed by atoms with Crippen LogP contribution in [0.15, 0.2) is 18.2 Å². The Morgan fingerprint density at radius 3 is 2.74 bits per heavy atom. The Balaban J connectivity index is 2.23. The molecule has 2 rings (SSSR count). The number of aromatic nitrogens is 1. The number of benzene rings is 1. The van der Waals surface area contributed by atoms with Crippen molar-refractivity contribution in [3.63, 3.8) is 0 Å². The number of aryl methyl sites for hydroxylation is 2. The quantitative estimate of drug-likeness (QED) is 0.834. The SMILES string of the molecule is CCCNCc1sc(-c2cc(C)cc(F)c2)nc1C. The van der Waals surface area contributed by atoms with E-state index in [1.165, 1.54) is 10.9 Å². The molecular weight excluding hydrogens is 259 g/mol. The number of rotatable bonds is 5. The number of halogens is 1. The maximum absolute atomic E-state index is 13.4. The molecule has 0 saturated carbocycles. The maximum atomic E-state index is 13.4. The molecule has 0 unspecified atom stereocenters. The van der Waals surface area contributed by atoms with Crippen molar-refractivity contribution < 1.29 is 4.39 Å². The molecule has 1 N–H and O–H groups in total. The highest BCUT2D eigenvalue weighted by Crippen LogP contribution is 2.29. The fourth-order valence-electron chi connectivity index (χ4n) is 1.95. The molecule has 102 valence electrons. The van der Waals surface area contributed by atoms with Crippen molar-refractivity contribution in [2.45, 2.75) is 33.7 Å². The van der Waals surface area contributed by atoms with Crippen LogP contribution in [0.3, 0.4) is 0 Å². The Labute approximate surface area is 117 Å². The van der Waals surface area contributed by atoms with Crippen LogP contribution in [-0.4, -0.2) is 11.5 Å². The lowest BCUT2D eigenvalue weighted by molar-refractivity contribution is 0.627. The second-order valence-corrected chi connectivity index (χ2v) is 5.81. The van der Waals surface area contributed by atoms with Crippen LogP contribution in [0.25, 0.3) is 10.6 Å². The van der Waals surface area contributed by atoms with E-state index >= 15 is 0 Å². The van der Waals surface area contributed by atoms with Crippen LogP contribution in [0, 0.1) is 19.7 Å². The number of hydrogen-bond acceptors (Lipinski definition) is 3. The molecule has 0 saturated heterocycles. The van der Waals surface area contributed by atoms with Gasteiger partial charge in [0, 0.05) is 17.0 Å². The summed E-state index contributed by atoms with van der Waals surface area (Å²) in [5.41, 5.74) is 2.83. The van der Waals surface area contributed by atoms with Crippen LogP contribution in [0.2, 0.25) is 0 Å². The van der Waals surface area contributed by atoms with Gasteiger partial charge in [-0.15, -0.1) is 11.3 Å². The van der Waals surface area contributed by atoms with E-state index in [0.29, 0.717) is 0 Å². The van der Waals surface area contributed by atoms with E-state index in [1.54, 1.807) is 17.4 Å². The molecule has 2 aromatic rings. The van der Waals surface area contributed by atoms with Gasteiger partial charge < -0.3 is 5.32 Å². The molecular formula is C15H19FN2S. The molecule has 4 heteroatoms. The first-order valence-electron chi connectivity index (χ1n) is 6.54. The summed E-state index contributed by atoms with van der Waals surface area (Å²) in [7, 11) is 0. The molecule has 0 radical (unpaired) electrons. The molecule has 1 aromatic heterocycles. The van der Waals surface area contributed by atoms with Crippen molar-refractivity contribution in [2.75, 3.05) is 6.54 Å². The minimum Gasteiger partial charge on any atom is -0.312 e. The molecule has 0 bridgehead atoms. The maximum Gasteiger partial charge on any atom is 0.124 e. The molecule has 19 heavy (non-hydrogen) atoms. The van der Waals surface area contributed by atoms with Crippen LogP contribution < -0.4 is 5.32 Å². The van der Waals surface area contributed by atoms with Gasteiger partial charge in [-0.1, -0.05) is 6.92 Å². The van der Waals surface area contributed by atoms with E-state index in [9.17, 15) is 4.39 Å². The summed E-state index contributed by atoms with van der Waals surface area (Å²) in [4.78, 5) is 5.78. The fraction of sp³-hybridized carbons (Fsp3) is 0.400. The average Bonchev–Trinajstić information content (AvgIpc) is 2.70. The van der Waals surface area contributed by atoms with Gasteiger partial charge in [0.25, 0.3) is 0 Å². The van der Waals surface area contributed by atoms with Crippen molar-refractivity contribution in [1.82, 2.24) is 10.3 Å². The van der Waals surface area contributed by atoms with E-state index in [4.69, 9.17) is 0 Å². The highest BCUT2D eigenvalue weighted by Gasteiger charge is 2.10. The lowest BCUT2D eigenvalue weighted by Gasteiger charge is -2.00. The van der Waals surface area contributed by atoms with Crippen LogP contribution in [0.5, 0.6) is 0 Å². The minimum atomic E-state index is -0.200. The molecule has 0 aliphatic heterocycles. The Morgan fingerprint density at radius 1 is 1.26 bits per heavy atom. The first kappa shape index (κ1) is 14.2. The van der Waals surface area contributed by atoms with E-state index in [2.05, 4.69) is 17.2 Å². The predicted molar refractivity (Wildman–Crippen MR) is 79.0 cm³/mol. The van der Waals surface area contributed by atoms with Crippen molar-refractivity contribution >= 4 is 11.3 Å². The van der Waals surface area contributed by atoms with E-state index in [1.807, 2.05) is 19.9 Å². The second kappa shape index (κ2) is 6.26. The van der Waals surface area contributed by atoms with Gasteiger partial charge in [-0.2, -0.15) is 0 Å². The monoisotopic (exact) mass is 278 g/mol. The number of thiazole rings is 1. The summed E-state index contributed by atoms with van der Waals surface area (Å²) in [6, 6.07) is 5.06. The van der Waals surface area contributed by atoms with Crippen LogP contribution >= 0.6 is 11.3 Å². The fourth-order valence-corrected chi connectivity index (χ4v) is 2.97. The van der Waals surface area contributed by atoms with Gasteiger partial charge in [-0.3, -0.25) is 0 Å². The normalized spacial score (nSPS) is 10.9. The Morgan fingerprint density at radius 2 is 2.05 bits per heavy atom. The predicted octanol–water partition coefficient (Wildman–Crippen LogP) is 4.07. The van der Waals surface area contributed by atoms with Gasteiger partial charge in [-0.25, -0.2) is 9.37 Å². The van der Waals surface area contributed by atoms with Gasteiger partial charge in [0.1, 0.15) is 10.8 Å². The van der Waals surface area contributed by atoms with Crippen LogP contribution in [0.4, 0.5) is 4.39 Å². The zero-order chi connectivity index (χ0) is 13.8. The molecule has 0 aliphatic rings. The van der Waals surface area contributed by atoms with Crippen LogP contribution in [-0.2, 0) is 6.54 Å². The zero-order valence-electron chi connectivity index (χ0n) is 11.6. The van der Waals surface area contributed by atoms with Crippen molar-refractivity contribution in [2.24, 2.45) is 0 Å². The van der Waals surface area contributed by atoms with Crippen molar-refractivity contribution in [3.8, 4) is 10.6 Å². The van der Waals surface area contributed by atoms with Gasteiger partial charge in [-0.05, 0) is 50.6 Å². The van der Waals surface area contributed by atoms with E-state index in [0.717, 1.165) is 41.3 Å². The minimum absolute atomic E-state index is 0.200. The summed E-state index contributed by atoms with van der Waals surface area (Å²) < 4.78 is 13.4. The standard InChI is InChI=1S/C15H19FN2S/c1-4-5-17-9-14-11(3)18-15(19-14)12-6-10(2)7-13(16)8-12/h6-8,17H,4-5,9H2,1-3H3. The zero-order valence-corrected chi connectivity index (χ0v) is 12.4. The Kier molecular flexibility index (Phi) is 4.66. The topological polar surface area (TPSA) is 24.9 Å². The molecule has 0 aliphatic carbocycles. The van der Waals surface area contributed by atoms with Crippen LogP contribution in [0.1, 0.15) is 29.5 Å². The highest BCUT2D eigenvalue weighted by atomic mass is 32.1. The Hall–Kier alpha value is -1.26. The molecule has 1 aromatic carbocycles. The average molecular weight is 278 g/mol. The Bertz CT molecular complexity index is 543. The molecule has 0 spiro atoms. The summed E-state index contributed by atoms with van der Waals surface area (Å²) in [5, 5.41) is 4.27. The largest absolute Gasteiger partial charge is 0.312 e. The van der Waals surface area contributed by atoms with Crippen molar-refractivity contribution in [1.29, 1.82) is 0 Å². The lowest BCUT2D eigenvalue weighted by Crippen LogP contribution is -2.13. The molecule has 1 heterocycles. The number of nitrogens with one attached hydrogen (secondary N) is 1. The molecule has 0 fully saturated rings. The van der Waals surface area contributed by atoms with Gasteiger partial charge in [0.15, 0.2) is 0 Å². The van der Waals surface area contributed by atoms with E-state index in [-0.39, 0.29) is 5.82 Å². The van der Waals surface area contributed by atoms with Gasteiger partial charge in [0.2, 0.25) is 0 Å².